The van der Waals surface area contributed by atoms with Crippen LogP contribution in [-0.4, -0.2) is 11.1 Å². The number of hydrogen-bond donors (Lipinski definition) is 1. The van der Waals surface area contributed by atoms with E-state index in [1.165, 1.54) is 28.0 Å². The quantitative estimate of drug-likeness (QED) is 0.563. The van der Waals surface area contributed by atoms with Crippen LogP contribution in [0.3, 0.4) is 0 Å². The molecule has 1 heterocycles. The predicted octanol–water partition coefficient (Wildman–Crippen LogP) is 6.15. The second kappa shape index (κ2) is 7.77. The molecule has 2 aromatic carbocycles. The molecule has 25 heavy (non-hydrogen) atoms. The van der Waals surface area contributed by atoms with Gasteiger partial charge in [-0.3, -0.25) is 0 Å². The zero-order valence-electron chi connectivity index (χ0n) is 13.8. The highest BCUT2D eigenvalue weighted by Gasteiger charge is 2.04. The molecule has 0 radical (unpaired) electrons. The van der Waals surface area contributed by atoms with Crippen LogP contribution >= 0.6 is 11.3 Å². The average molecular weight is 346 g/mol. The number of thiophene rings is 1. The molecule has 3 heteroatoms. The highest BCUT2D eigenvalue weighted by Crippen LogP contribution is 2.25. The number of hydrogen-bond acceptors (Lipinski definition) is 2. The van der Waals surface area contributed by atoms with Crippen LogP contribution in [0.4, 0.5) is 0 Å². The first-order chi connectivity index (χ1) is 12.1. The number of rotatable bonds is 5. The minimum atomic E-state index is -0.890. The van der Waals surface area contributed by atoms with E-state index in [0.717, 1.165) is 10.4 Å². The van der Waals surface area contributed by atoms with Gasteiger partial charge in [0.2, 0.25) is 0 Å². The maximum Gasteiger partial charge on any atom is 0.336 e. The van der Waals surface area contributed by atoms with Gasteiger partial charge in [0.1, 0.15) is 0 Å². The number of allylic oxidation sites excluding steroid dienone is 2. The third kappa shape index (κ3) is 4.34. The van der Waals surface area contributed by atoms with Crippen molar-refractivity contribution in [3.63, 3.8) is 0 Å². The van der Waals surface area contributed by atoms with Gasteiger partial charge in [-0.25, -0.2) is 4.79 Å². The Balaban J connectivity index is 1.78. The molecule has 2 nitrogen and oxygen atoms in total. The number of carbonyl (C=O) groups is 1. The Bertz CT molecular complexity index is 931. The molecule has 1 aromatic heterocycles. The lowest BCUT2D eigenvalue weighted by atomic mass is 9.98. The molecule has 0 bridgehead atoms. The second-order valence-electron chi connectivity index (χ2n) is 5.71. The van der Waals surface area contributed by atoms with E-state index in [1.54, 1.807) is 11.4 Å². The maximum absolute atomic E-state index is 10.9. The van der Waals surface area contributed by atoms with E-state index in [2.05, 4.69) is 49.4 Å². The van der Waals surface area contributed by atoms with Crippen LogP contribution < -0.4 is 0 Å². The standard InChI is InChI=1S/C22H18O2S/c1-16-10-12-18(13-11-16)21-9-5-3-7-17(21)6-2-4-8-20-14-19(15-25-20)22(23)24/h2-15H,1H3,(H,23,24). The molecule has 0 aliphatic heterocycles. The molecule has 0 unspecified atom stereocenters. The van der Waals surface area contributed by atoms with Crippen molar-refractivity contribution < 1.29 is 9.90 Å². The van der Waals surface area contributed by atoms with Gasteiger partial charge in [0.25, 0.3) is 0 Å². The van der Waals surface area contributed by atoms with E-state index in [4.69, 9.17) is 5.11 Å². The summed E-state index contributed by atoms with van der Waals surface area (Å²) in [5, 5.41) is 10.6. The Hall–Kier alpha value is -2.91. The molecule has 0 spiro atoms. The summed E-state index contributed by atoms with van der Waals surface area (Å²) in [5.74, 6) is -0.890. The van der Waals surface area contributed by atoms with E-state index in [9.17, 15) is 4.79 Å². The first kappa shape index (κ1) is 16.9. The SMILES string of the molecule is Cc1ccc(-c2ccccc2C=CC=Cc2cc(C(=O)O)cs2)cc1. The van der Waals surface area contributed by atoms with Crippen molar-refractivity contribution in [2.24, 2.45) is 0 Å². The van der Waals surface area contributed by atoms with Gasteiger partial charge in [-0.2, -0.15) is 0 Å². The Kier molecular flexibility index (Phi) is 5.26. The minimum Gasteiger partial charge on any atom is -0.478 e. The fraction of sp³-hybridized carbons (Fsp3) is 0.0455. The Morgan fingerprint density at radius 2 is 1.72 bits per heavy atom. The number of carboxylic acids is 1. The fourth-order valence-electron chi connectivity index (χ4n) is 2.50. The summed E-state index contributed by atoms with van der Waals surface area (Å²) in [7, 11) is 0. The predicted molar refractivity (Wildman–Crippen MR) is 106 cm³/mol. The van der Waals surface area contributed by atoms with Gasteiger partial charge in [-0.15, -0.1) is 11.3 Å². The number of carboxylic acid groups (broad SMARTS) is 1. The Morgan fingerprint density at radius 1 is 1.00 bits per heavy atom. The van der Waals surface area contributed by atoms with Crippen molar-refractivity contribution in [3.8, 4) is 11.1 Å². The topological polar surface area (TPSA) is 37.3 Å². The first-order valence-corrected chi connectivity index (χ1v) is 8.84. The van der Waals surface area contributed by atoms with Crippen LogP contribution in [0.2, 0.25) is 0 Å². The summed E-state index contributed by atoms with van der Waals surface area (Å²) in [4.78, 5) is 11.8. The molecule has 0 fully saturated rings. The van der Waals surface area contributed by atoms with Crippen LogP contribution in [-0.2, 0) is 0 Å². The lowest BCUT2D eigenvalue weighted by molar-refractivity contribution is 0.0697. The molecule has 0 atom stereocenters. The first-order valence-electron chi connectivity index (χ1n) is 7.96. The van der Waals surface area contributed by atoms with Crippen LogP contribution in [0.15, 0.2) is 72.1 Å². The van der Waals surface area contributed by atoms with Crippen molar-refractivity contribution in [3.05, 3.63) is 93.7 Å². The lowest BCUT2D eigenvalue weighted by Gasteiger charge is -2.06. The summed E-state index contributed by atoms with van der Waals surface area (Å²) >= 11 is 1.42. The normalized spacial score (nSPS) is 11.4. The maximum atomic E-state index is 10.9. The van der Waals surface area contributed by atoms with Crippen molar-refractivity contribution in [1.82, 2.24) is 0 Å². The van der Waals surface area contributed by atoms with Gasteiger partial charge in [0.15, 0.2) is 0 Å². The molecular formula is C22H18O2S. The largest absolute Gasteiger partial charge is 0.478 e. The van der Waals surface area contributed by atoms with Crippen molar-refractivity contribution in [2.75, 3.05) is 0 Å². The average Bonchev–Trinajstić information content (AvgIpc) is 3.09. The van der Waals surface area contributed by atoms with Crippen LogP contribution in [0.25, 0.3) is 23.3 Å². The van der Waals surface area contributed by atoms with Gasteiger partial charge in [0.05, 0.1) is 5.56 Å². The monoisotopic (exact) mass is 346 g/mol. The molecule has 3 rings (SSSR count). The summed E-state index contributed by atoms with van der Waals surface area (Å²) < 4.78 is 0. The van der Waals surface area contributed by atoms with Crippen molar-refractivity contribution >= 4 is 29.5 Å². The Labute approximate surface area is 151 Å². The second-order valence-corrected chi connectivity index (χ2v) is 6.66. The lowest BCUT2D eigenvalue weighted by Crippen LogP contribution is -1.91. The molecule has 0 aliphatic carbocycles. The van der Waals surface area contributed by atoms with Gasteiger partial charge < -0.3 is 5.11 Å². The smallest absolute Gasteiger partial charge is 0.336 e. The van der Waals surface area contributed by atoms with Gasteiger partial charge in [-0.05, 0) is 35.8 Å². The molecule has 1 N–H and O–H groups in total. The minimum absolute atomic E-state index is 0.332. The van der Waals surface area contributed by atoms with E-state index in [1.807, 2.05) is 30.4 Å². The van der Waals surface area contributed by atoms with Gasteiger partial charge in [0, 0.05) is 10.3 Å². The van der Waals surface area contributed by atoms with Crippen molar-refractivity contribution in [2.45, 2.75) is 6.92 Å². The highest BCUT2D eigenvalue weighted by molar-refractivity contribution is 7.11. The molecule has 0 saturated carbocycles. The van der Waals surface area contributed by atoms with Crippen LogP contribution in [0.1, 0.15) is 26.4 Å². The number of aromatic carboxylic acids is 1. The van der Waals surface area contributed by atoms with E-state index < -0.39 is 5.97 Å². The molecular weight excluding hydrogens is 328 g/mol. The highest BCUT2D eigenvalue weighted by atomic mass is 32.1. The summed E-state index contributed by atoms with van der Waals surface area (Å²) in [6.07, 6.45) is 7.90. The molecule has 0 saturated heterocycles. The van der Waals surface area contributed by atoms with Gasteiger partial charge >= 0.3 is 5.97 Å². The van der Waals surface area contributed by atoms with Crippen LogP contribution in [0, 0.1) is 6.92 Å². The van der Waals surface area contributed by atoms with E-state index in [0.29, 0.717) is 5.56 Å². The summed E-state index contributed by atoms with van der Waals surface area (Å²) in [6, 6.07) is 18.5. The fourth-order valence-corrected chi connectivity index (χ4v) is 3.28. The van der Waals surface area contributed by atoms with Crippen molar-refractivity contribution in [1.29, 1.82) is 0 Å². The number of benzene rings is 2. The molecule has 0 aliphatic rings. The third-order valence-corrected chi connectivity index (χ3v) is 4.74. The van der Waals surface area contributed by atoms with E-state index in [-0.39, 0.29) is 0 Å². The molecule has 3 aromatic rings. The van der Waals surface area contributed by atoms with Crippen LogP contribution in [0.5, 0.6) is 0 Å². The zero-order chi connectivity index (χ0) is 17.6. The summed E-state index contributed by atoms with van der Waals surface area (Å²) in [6.45, 7) is 2.08. The summed E-state index contributed by atoms with van der Waals surface area (Å²) in [5.41, 5.74) is 5.11. The number of aryl methyl sites for hydroxylation is 1. The van der Waals surface area contributed by atoms with Gasteiger partial charge in [-0.1, -0.05) is 72.3 Å². The molecule has 0 amide bonds. The zero-order valence-corrected chi connectivity index (χ0v) is 14.7. The van der Waals surface area contributed by atoms with E-state index >= 15 is 0 Å². The third-order valence-electron chi connectivity index (χ3n) is 3.84. The Morgan fingerprint density at radius 3 is 2.44 bits per heavy atom. The molecule has 124 valence electrons.